The first-order chi connectivity index (χ1) is 5.31. The van der Waals surface area contributed by atoms with Gasteiger partial charge in [-0.15, -0.1) is 0 Å². The van der Waals surface area contributed by atoms with E-state index < -0.39 is 5.60 Å². The average molecular weight is 171 g/mol. The fraction of sp³-hybridized carbons (Fsp3) is 0.667. The largest absolute Gasteiger partial charge is 0.457 e. The molecule has 0 aromatic carbocycles. The Morgan fingerprint density at radius 1 is 1.33 bits per heavy atom. The van der Waals surface area contributed by atoms with Crippen LogP contribution in [0, 0.1) is 0 Å². The number of carbonyl (C=O) groups excluding carboxylic acids is 1. The van der Waals surface area contributed by atoms with Crippen LogP contribution in [0.1, 0.15) is 20.8 Å². The van der Waals surface area contributed by atoms with Gasteiger partial charge in [0.15, 0.2) is 0 Å². The molecule has 70 valence electrons. The van der Waals surface area contributed by atoms with Gasteiger partial charge in [0.05, 0.1) is 0 Å². The van der Waals surface area contributed by atoms with E-state index in [0.717, 1.165) is 0 Å². The third kappa shape index (κ3) is 7.12. The Balaban J connectivity index is 3.91. The van der Waals surface area contributed by atoms with E-state index >= 15 is 0 Å². The van der Waals surface area contributed by atoms with Crippen LogP contribution in [0.5, 0.6) is 0 Å². The Labute approximate surface area is 74.0 Å². The summed E-state index contributed by atoms with van der Waals surface area (Å²) in [5, 5.41) is 0. The molecule has 0 bridgehead atoms. The lowest BCUT2D eigenvalue weighted by atomic mass is 10.2. The minimum absolute atomic E-state index is 0.309. The van der Waals surface area contributed by atoms with Crippen LogP contribution < -0.4 is 0 Å². The van der Waals surface area contributed by atoms with E-state index in [1.165, 1.54) is 6.08 Å². The molecule has 0 atom stereocenters. The number of esters is 1. The number of hydrogen-bond donors (Lipinski definition) is 0. The molecule has 0 aliphatic rings. The molecule has 12 heavy (non-hydrogen) atoms. The third-order valence-electron chi connectivity index (χ3n) is 0.916. The van der Waals surface area contributed by atoms with Gasteiger partial charge < -0.3 is 9.64 Å². The lowest BCUT2D eigenvalue weighted by molar-refractivity contribution is -0.148. The molecule has 0 aromatic heterocycles. The SMILES string of the molecule is CN(C)C=CC(=O)OC(C)(C)C. The molecule has 0 fully saturated rings. The van der Waals surface area contributed by atoms with Crippen molar-refractivity contribution in [2.75, 3.05) is 14.1 Å². The molecule has 0 rings (SSSR count). The van der Waals surface area contributed by atoms with E-state index in [-0.39, 0.29) is 5.97 Å². The average Bonchev–Trinajstić information content (AvgIpc) is 1.79. The summed E-state index contributed by atoms with van der Waals surface area (Å²) < 4.78 is 5.04. The lowest BCUT2D eigenvalue weighted by Gasteiger charge is -2.18. The molecule has 0 aliphatic heterocycles. The Hall–Kier alpha value is -0.990. The van der Waals surface area contributed by atoms with E-state index in [9.17, 15) is 4.79 Å². The van der Waals surface area contributed by atoms with Crippen LogP contribution >= 0.6 is 0 Å². The highest BCUT2D eigenvalue weighted by Gasteiger charge is 2.13. The van der Waals surface area contributed by atoms with Crippen molar-refractivity contribution in [2.24, 2.45) is 0 Å². The first-order valence-corrected chi connectivity index (χ1v) is 3.89. The minimum Gasteiger partial charge on any atom is -0.457 e. The molecule has 0 radical (unpaired) electrons. The number of carbonyl (C=O) groups is 1. The highest BCUT2D eigenvalue weighted by atomic mass is 16.6. The summed E-state index contributed by atoms with van der Waals surface area (Å²) in [5.74, 6) is -0.309. The first-order valence-electron chi connectivity index (χ1n) is 3.89. The molecule has 0 aromatic rings. The molecule has 0 saturated carbocycles. The van der Waals surface area contributed by atoms with Crippen LogP contribution in [0.2, 0.25) is 0 Å². The van der Waals surface area contributed by atoms with Crippen molar-refractivity contribution in [2.45, 2.75) is 26.4 Å². The summed E-state index contributed by atoms with van der Waals surface area (Å²) in [6.07, 6.45) is 3.07. The third-order valence-corrected chi connectivity index (χ3v) is 0.916. The van der Waals surface area contributed by atoms with Gasteiger partial charge in [0.1, 0.15) is 5.60 Å². The van der Waals surface area contributed by atoms with Gasteiger partial charge in [-0.1, -0.05) is 0 Å². The van der Waals surface area contributed by atoms with Gasteiger partial charge in [-0.2, -0.15) is 0 Å². The summed E-state index contributed by atoms with van der Waals surface area (Å²) in [4.78, 5) is 12.8. The topological polar surface area (TPSA) is 29.5 Å². The number of nitrogens with zero attached hydrogens (tertiary/aromatic N) is 1. The highest BCUT2D eigenvalue weighted by molar-refractivity contribution is 5.82. The molecule has 0 unspecified atom stereocenters. The van der Waals surface area contributed by atoms with Crippen LogP contribution in [0.25, 0.3) is 0 Å². The lowest BCUT2D eigenvalue weighted by Crippen LogP contribution is -2.22. The fourth-order valence-corrected chi connectivity index (χ4v) is 0.546. The molecule has 3 heteroatoms. The Morgan fingerprint density at radius 3 is 2.17 bits per heavy atom. The maximum atomic E-state index is 11.0. The van der Waals surface area contributed by atoms with E-state index in [0.29, 0.717) is 0 Å². The Bertz CT molecular complexity index is 177. The van der Waals surface area contributed by atoms with Crippen LogP contribution in [-0.2, 0) is 9.53 Å². The summed E-state index contributed by atoms with van der Waals surface area (Å²) in [5.41, 5.74) is -0.409. The zero-order valence-corrected chi connectivity index (χ0v) is 8.42. The van der Waals surface area contributed by atoms with Crippen LogP contribution in [0.4, 0.5) is 0 Å². The second kappa shape index (κ2) is 4.14. The van der Waals surface area contributed by atoms with Crippen molar-refractivity contribution in [1.82, 2.24) is 4.90 Å². The molecule has 0 N–H and O–H groups in total. The zero-order valence-electron chi connectivity index (χ0n) is 8.42. The van der Waals surface area contributed by atoms with Crippen molar-refractivity contribution in [3.8, 4) is 0 Å². The van der Waals surface area contributed by atoms with E-state index in [1.807, 2.05) is 34.9 Å². The molecule has 3 nitrogen and oxygen atoms in total. The molecule has 0 saturated heterocycles. The van der Waals surface area contributed by atoms with Gasteiger partial charge in [-0.05, 0) is 20.8 Å². The highest BCUT2D eigenvalue weighted by Crippen LogP contribution is 2.06. The smallest absolute Gasteiger partial charge is 0.332 e. The maximum Gasteiger partial charge on any atom is 0.332 e. The monoisotopic (exact) mass is 171 g/mol. The van der Waals surface area contributed by atoms with Crippen molar-refractivity contribution in [1.29, 1.82) is 0 Å². The summed E-state index contributed by atoms with van der Waals surface area (Å²) >= 11 is 0. The molecular weight excluding hydrogens is 154 g/mol. The second-order valence-corrected chi connectivity index (χ2v) is 3.81. The number of hydrogen-bond acceptors (Lipinski definition) is 3. The normalized spacial score (nSPS) is 11.8. The fourth-order valence-electron chi connectivity index (χ4n) is 0.546. The first kappa shape index (κ1) is 11.0. The molecule has 0 heterocycles. The standard InChI is InChI=1S/C9H17NO2/c1-9(2,3)12-8(11)6-7-10(4)5/h6-7H,1-5H3. The summed E-state index contributed by atoms with van der Waals surface area (Å²) in [7, 11) is 3.70. The van der Waals surface area contributed by atoms with Gasteiger partial charge in [0.25, 0.3) is 0 Å². The number of rotatable bonds is 2. The van der Waals surface area contributed by atoms with Crippen LogP contribution in [0.3, 0.4) is 0 Å². The molecule has 0 spiro atoms. The molecule has 0 amide bonds. The second-order valence-electron chi connectivity index (χ2n) is 3.81. The quantitative estimate of drug-likeness (QED) is 0.464. The van der Waals surface area contributed by atoms with Crippen LogP contribution in [0.15, 0.2) is 12.3 Å². The summed E-state index contributed by atoms with van der Waals surface area (Å²) in [6.45, 7) is 5.52. The van der Waals surface area contributed by atoms with Gasteiger partial charge in [-0.25, -0.2) is 4.79 Å². The predicted octanol–water partition coefficient (Wildman–Crippen LogP) is 1.40. The number of ether oxygens (including phenoxy) is 1. The van der Waals surface area contributed by atoms with Crippen molar-refractivity contribution >= 4 is 5.97 Å². The van der Waals surface area contributed by atoms with Crippen molar-refractivity contribution in [3.05, 3.63) is 12.3 Å². The van der Waals surface area contributed by atoms with Gasteiger partial charge in [-0.3, -0.25) is 0 Å². The maximum absolute atomic E-state index is 11.0. The van der Waals surface area contributed by atoms with Crippen molar-refractivity contribution < 1.29 is 9.53 Å². The van der Waals surface area contributed by atoms with Gasteiger partial charge in [0.2, 0.25) is 0 Å². The van der Waals surface area contributed by atoms with Crippen LogP contribution in [-0.4, -0.2) is 30.6 Å². The zero-order chi connectivity index (χ0) is 9.78. The van der Waals surface area contributed by atoms with E-state index in [4.69, 9.17) is 4.74 Å². The van der Waals surface area contributed by atoms with Gasteiger partial charge >= 0.3 is 5.97 Å². The van der Waals surface area contributed by atoms with Crippen molar-refractivity contribution in [3.63, 3.8) is 0 Å². The molecule has 0 aliphatic carbocycles. The Kier molecular flexibility index (Phi) is 3.80. The Morgan fingerprint density at radius 2 is 1.83 bits per heavy atom. The van der Waals surface area contributed by atoms with E-state index in [1.54, 1.807) is 11.1 Å². The van der Waals surface area contributed by atoms with E-state index in [2.05, 4.69) is 0 Å². The predicted molar refractivity (Wildman–Crippen MR) is 48.7 cm³/mol. The minimum atomic E-state index is -0.409. The van der Waals surface area contributed by atoms with Gasteiger partial charge in [0, 0.05) is 26.4 Å². The molecular formula is C9H17NO2. The summed E-state index contributed by atoms with van der Waals surface area (Å²) in [6, 6.07) is 0.